The lowest BCUT2D eigenvalue weighted by molar-refractivity contribution is 0.0703. The second-order valence-electron chi connectivity index (χ2n) is 5.69. The number of methoxy groups -OCH3 is 1. The molecule has 0 amide bonds. The number of benzene rings is 2. The van der Waals surface area contributed by atoms with Crippen LogP contribution in [0.5, 0.6) is 5.75 Å². The summed E-state index contributed by atoms with van der Waals surface area (Å²) < 4.78 is 11.2. The highest BCUT2D eigenvalue weighted by molar-refractivity contribution is 5.69. The van der Waals surface area contributed by atoms with Crippen LogP contribution in [0.3, 0.4) is 0 Å². The quantitative estimate of drug-likeness (QED) is 0.849. The molecule has 4 nitrogen and oxygen atoms in total. The molecule has 118 valence electrons. The fraction of sp³-hybridized carbons (Fsp3) is 0.316. The Morgan fingerprint density at radius 1 is 1.26 bits per heavy atom. The predicted molar refractivity (Wildman–Crippen MR) is 90.3 cm³/mol. The van der Waals surface area contributed by atoms with E-state index in [-0.39, 0.29) is 6.10 Å². The molecule has 1 aliphatic rings. The predicted octanol–water partition coefficient (Wildman–Crippen LogP) is 3.67. The maximum Gasteiger partial charge on any atom is 0.120 e. The molecule has 1 unspecified atom stereocenters. The van der Waals surface area contributed by atoms with Crippen molar-refractivity contribution in [3.05, 3.63) is 53.6 Å². The van der Waals surface area contributed by atoms with Crippen LogP contribution in [0.25, 0.3) is 0 Å². The van der Waals surface area contributed by atoms with Gasteiger partial charge in [0.15, 0.2) is 0 Å². The lowest BCUT2D eigenvalue weighted by Gasteiger charge is -2.31. The van der Waals surface area contributed by atoms with Gasteiger partial charge in [-0.05, 0) is 36.8 Å². The second kappa shape index (κ2) is 6.72. The van der Waals surface area contributed by atoms with Crippen molar-refractivity contribution in [1.29, 1.82) is 5.26 Å². The first-order valence-electron chi connectivity index (χ1n) is 7.77. The number of hydrogen-bond donors (Lipinski definition) is 0. The molecular formula is C19H20N2O2. The SMILES string of the molecule is COc1cccc(N2CCOC(C)Cc3ccc(C#N)cc32)c1. The summed E-state index contributed by atoms with van der Waals surface area (Å²) in [4.78, 5) is 2.20. The Bertz CT molecular complexity index is 736. The third kappa shape index (κ3) is 3.30. The molecule has 0 N–H and O–H groups in total. The molecule has 0 bridgehead atoms. The van der Waals surface area contributed by atoms with Crippen molar-refractivity contribution in [3.8, 4) is 11.8 Å². The molecule has 0 saturated carbocycles. The largest absolute Gasteiger partial charge is 0.497 e. The monoisotopic (exact) mass is 308 g/mol. The first-order chi connectivity index (χ1) is 11.2. The molecule has 2 aromatic carbocycles. The summed E-state index contributed by atoms with van der Waals surface area (Å²) in [7, 11) is 1.67. The highest BCUT2D eigenvalue weighted by atomic mass is 16.5. The van der Waals surface area contributed by atoms with Crippen LogP contribution in [0.4, 0.5) is 11.4 Å². The maximum atomic E-state index is 9.24. The van der Waals surface area contributed by atoms with Gasteiger partial charge in [0.25, 0.3) is 0 Å². The topological polar surface area (TPSA) is 45.5 Å². The molecule has 3 rings (SSSR count). The molecule has 1 aliphatic heterocycles. The third-order valence-corrected chi connectivity index (χ3v) is 4.09. The minimum Gasteiger partial charge on any atom is -0.497 e. The van der Waals surface area contributed by atoms with Gasteiger partial charge in [-0.25, -0.2) is 0 Å². The van der Waals surface area contributed by atoms with E-state index in [2.05, 4.69) is 24.0 Å². The zero-order valence-electron chi connectivity index (χ0n) is 13.5. The molecule has 1 atom stereocenters. The number of hydrogen-bond acceptors (Lipinski definition) is 4. The van der Waals surface area contributed by atoms with E-state index in [1.54, 1.807) is 7.11 Å². The number of ether oxygens (including phenoxy) is 2. The van der Waals surface area contributed by atoms with Gasteiger partial charge in [-0.15, -0.1) is 0 Å². The molecule has 0 saturated heterocycles. The second-order valence-corrected chi connectivity index (χ2v) is 5.69. The molecule has 0 spiro atoms. The van der Waals surface area contributed by atoms with E-state index >= 15 is 0 Å². The maximum absolute atomic E-state index is 9.24. The molecular weight excluding hydrogens is 288 g/mol. The number of anilines is 2. The van der Waals surface area contributed by atoms with Gasteiger partial charge in [0.2, 0.25) is 0 Å². The van der Waals surface area contributed by atoms with Crippen molar-refractivity contribution >= 4 is 11.4 Å². The van der Waals surface area contributed by atoms with E-state index in [0.717, 1.165) is 30.1 Å². The van der Waals surface area contributed by atoms with Crippen molar-refractivity contribution in [2.24, 2.45) is 0 Å². The molecule has 0 radical (unpaired) electrons. The summed E-state index contributed by atoms with van der Waals surface area (Å²) in [5, 5.41) is 9.24. The number of rotatable bonds is 2. The molecule has 0 aromatic heterocycles. The highest BCUT2D eigenvalue weighted by Crippen LogP contribution is 2.33. The molecule has 0 aliphatic carbocycles. The molecule has 0 fully saturated rings. The van der Waals surface area contributed by atoms with E-state index in [1.807, 2.05) is 36.4 Å². The Labute approximate surface area is 136 Å². The van der Waals surface area contributed by atoms with Gasteiger partial charge in [0.1, 0.15) is 5.75 Å². The average Bonchev–Trinajstić information content (AvgIpc) is 2.57. The molecule has 23 heavy (non-hydrogen) atoms. The fourth-order valence-electron chi connectivity index (χ4n) is 2.94. The van der Waals surface area contributed by atoms with Crippen LogP contribution < -0.4 is 9.64 Å². The van der Waals surface area contributed by atoms with Crippen molar-refractivity contribution in [2.75, 3.05) is 25.2 Å². The number of nitrogens with zero attached hydrogens (tertiary/aromatic N) is 2. The normalized spacial score (nSPS) is 17.6. The first kappa shape index (κ1) is 15.4. The fourth-order valence-corrected chi connectivity index (χ4v) is 2.94. The van der Waals surface area contributed by atoms with Crippen LogP contribution in [-0.2, 0) is 11.2 Å². The highest BCUT2D eigenvalue weighted by Gasteiger charge is 2.20. The van der Waals surface area contributed by atoms with Crippen molar-refractivity contribution < 1.29 is 9.47 Å². The molecule has 1 heterocycles. The summed E-state index contributed by atoms with van der Waals surface area (Å²) >= 11 is 0. The Kier molecular flexibility index (Phi) is 4.50. The minimum absolute atomic E-state index is 0.175. The van der Waals surface area contributed by atoms with Gasteiger partial charge in [0.05, 0.1) is 31.5 Å². The van der Waals surface area contributed by atoms with E-state index in [1.165, 1.54) is 5.56 Å². The van der Waals surface area contributed by atoms with Crippen molar-refractivity contribution in [2.45, 2.75) is 19.4 Å². The van der Waals surface area contributed by atoms with Crippen LogP contribution in [0, 0.1) is 11.3 Å². The Balaban J connectivity index is 2.09. The summed E-state index contributed by atoms with van der Waals surface area (Å²) in [6, 6.07) is 16.1. The Morgan fingerprint density at radius 3 is 2.91 bits per heavy atom. The van der Waals surface area contributed by atoms with Crippen molar-refractivity contribution in [1.82, 2.24) is 0 Å². The average molecular weight is 308 g/mol. The summed E-state index contributed by atoms with van der Waals surface area (Å²) in [6.45, 7) is 3.47. The van der Waals surface area contributed by atoms with Crippen LogP contribution in [0.1, 0.15) is 18.1 Å². The van der Waals surface area contributed by atoms with E-state index < -0.39 is 0 Å². The van der Waals surface area contributed by atoms with Crippen LogP contribution in [0.15, 0.2) is 42.5 Å². The standard InChI is InChI=1S/C19H20N2O2/c1-14-10-16-7-6-15(13-20)11-19(16)21(8-9-23-14)17-4-3-5-18(12-17)22-2/h3-7,11-12,14H,8-10H2,1-2H3. The van der Waals surface area contributed by atoms with Crippen molar-refractivity contribution in [3.63, 3.8) is 0 Å². The summed E-state index contributed by atoms with van der Waals surface area (Å²) in [5.41, 5.74) is 3.98. The van der Waals surface area contributed by atoms with Crippen LogP contribution in [-0.4, -0.2) is 26.4 Å². The van der Waals surface area contributed by atoms with E-state index in [0.29, 0.717) is 12.2 Å². The van der Waals surface area contributed by atoms with Gasteiger partial charge in [0, 0.05) is 30.4 Å². The number of fused-ring (bicyclic) bond motifs is 1. The zero-order valence-corrected chi connectivity index (χ0v) is 13.5. The molecule has 2 aromatic rings. The van der Waals surface area contributed by atoms with Crippen LogP contribution >= 0.6 is 0 Å². The Morgan fingerprint density at radius 2 is 2.13 bits per heavy atom. The minimum atomic E-state index is 0.175. The smallest absolute Gasteiger partial charge is 0.120 e. The molecule has 4 heteroatoms. The van der Waals surface area contributed by atoms with E-state index in [9.17, 15) is 5.26 Å². The van der Waals surface area contributed by atoms with Gasteiger partial charge in [-0.2, -0.15) is 5.26 Å². The lowest BCUT2D eigenvalue weighted by Crippen LogP contribution is -2.29. The first-order valence-corrected chi connectivity index (χ1v) is 7.77. The van der Waals surface area contributed by atoms with Crippen LogP contribution in [0.2, 0.25) is 0 Å². The van der Waals surface area contributed by atoms with Gasteiger partial charge < -0.3 is 14.4 Å². The van der Waals surface area contributed by atoms with Gasteiger partial charge >= 0.3 is 0 Å². The Hall–Kier alpha value is -2.51. The van der Waals surface area contributed by atoms with E-state index in [4.69, 9.17) is 9.47 Å². The zero-order chi connectivity index (χ0) is 16.2. The number of nitriles is 1. The van der Waals surface area contributed by atoms with Gasteiger partial charge in [-0.1, -0.05) is 12.1 Å². The third-order valence-electron chi connectivity index (χ3n) is 4.09. The summed E-state index contributed by atoms with van der Waals surface area (Å²) in [6.07, 6.45) is 1.01. The van der Waals surface area contributed by atoms with Gasteiger partial charge in [-0.3, -0.25) is 0 Å². The lowest BCUT2D eigenvalue weighted by atomic mass is 10.0. The summed E-state index contributed by atoms with van der Waals surface area (Å²) in [5.74, 6) is 0.817.